The van der Waals surface area contributed by atoms with Crippen LogP contribution in [0, 0.1) is 0 Å². The van der Waals surface area contributed by atoms with E-state index in [1.807, 2.05) is 12.1 Å². The highest BCUT2D eigenvalue weighted by Gasteiger charge is 1.95. The molecule has 0 bridgehead atoms. The minimum absolute atomic E-state index is 0.577. The second kappa shape index (κ2) is 3.93. The highest BCUT2D eigenvalue weighted by Crippen LogP contribution is 2.21. The van der Waals surface area contributed by atoms with E-state index < -0.39 is 0 Å². The SMILES string of the molecule is CNOCc1ccc(Cl)s1. The number of rotatable bonds is 3. The third-order valence-corrected chi connectivity index (χ3v) is 2.19. The van der Waals surface area contributed by atoms with Gasteiger partial charge in [-0.1, -0.05) is 11.6 Å². The molecule has 0 aliphatic heterocycles. The summed E-state index contributed by atoms with van der Waals surface area (Å²) in [5, 5.41) is 0. The largest absolute Gasteiger partial charge is 0.296 e. The maximum atomic E-state index is 5.68. The molecule has 1 N–H and O–H groups in total. The number of thiophene rings is 1. The fourth-order valence-corrected chi connectivity index (χ4v) is 1.57. The van der Waals surface area contributed by atoms with Crippen molar-refractivity contribution in [3.8, 4) is 0 Å². The molecule has 0 unspecified atom stereocenters. The predicted octanol–water partition coefficient (Wildman–Crippen LogP) is 2.05. The van der Waals surface area contributed by atoms with Crippen LogP contribution >= 0.6 is 22.9 Å². The highest BCUT2D eigenvalue weighted by molar-refractivity contribution is 7.16. The van der Waals surface area contributed by atoms with Crippen molar-refractivity contribution in [2.45, 2.75) is 6.61 Å². The maximum absolute atomic E-state index is 5.68. The Morgan fingerprint density at radius 1 is 1.70 bits per heavy atom. The average Bonchev–Trinajstić information content (AvgIpc) is 2.31. The molecule has 0 aliphatic rings. The maximum Gasteiger partial charge on any atom is 0.102 e. The van der Waals surface area contributed by atoms with Gasteiger partial charge in [-0.15, -0.1) is 11.3 Å². The van der Waals surface area contributed by atoms with Crippen LogP contribution in [0.25, 0.3) is 0 Å². The van der Waals surface area contributed by atoms with Gasteiger partial charge in [0.15, 0.2) is 0 Å². The fraction of sp³-hybridized carbons (Fsp3) is 0.333. The Balaban J connectivity index is 2.42. The summed E-state index contributed by atoms with van der Waals surface area (Å²) in [5.41, 5.74) is 2.59. The molecule has 0 amide bonds. The van der Waals surface area contributed by atoms with Crippen molar-refractivity contribution >= 4 is 22.9 Å². The van der Waals surface area contributed by atoms with Gasteiger partial charge in [-0.25, -0.2) is 5.48 Å². The van der Waals surface area contributed by atoms with Gasteiger partial charge in [-0.05, 0) is 12.1 Å². The van der Waals surface area contributed by atoms with Crippen LogP contribution in [0.15, 0.2) is 12.1 Å². The van der Waals surface area contributed by atoms with Crippen molar-refractivity contribution < 1.29 is 4.84 Å². The minimum atomic E-state index is 0.577. The van der Waals surface area contributed by atoms with Crippen molar-refractivity contribution in [2.75, 3.05) is 7.05 Å². The zero-order valence-electron chi connectivity index (χ0n) is 5.56. The number of hydroxylamine groups is 1. The van der Waals surface area contributed by atoms with Gasteiger partial charge in [0.25, 0.3) is 0 Å². The van der Waals surface area contributed by atoms with Gasteiger partial charge in [0, 0.05) is 11.9 Å². The Morgan fingerprint density at radius 2 is 2.50 bits per heavy atom. The van der Waals surface area contributed by atoms with E-state index in [-0.39, 0.29) is 0 Å². The summed E-state index contributed by atoms with van der Waals surface area (Å²) in [4.78, 5) is 6.06. The topological polar surface area (TPSA) is 21.3 Å². The highest BCUT2D eigenvalue weighted by atomic mass is 35.5. The molecular weight excluding hydrogens is 170 g/mol. The Morgan fingerprint density at radius 3 is 3.00 bits per heavy atom. The van der Waals surface area contributed by atoms with Crippen molar-refractivity contribution in [1.82, 2.24) is 5.48 Å². The van der Waals surface area contributed by atoms with Gasteiger partial charge < -0.3 is 0 Å². The molecule has 1 aromatic rings. The summed E-state index contributed by atoms with van der Waals surface area (Å²) < 4.78 is 0.801. The first-order chi connectivity index (χ1) is 4.83. The third kappa shape index (κ3) is 2.27. The molecule has 0 fully saturated rings. The molecule has 2 nitrogen and oxygen atoms in total. The first-order valence-corrected chi connectivity index (χ1v) is 4.05. The van der Waals surface area contributed by atoms with Gasteiger partial charge in [0.05, 0.1) is 4.34 Å². The van der Waals surface area contributed by atoms with E-state index in [9.17, 15) is 0 Å². The molecule has 0 radical (unpaired) electrons. The zero-order valence-corrected chi connectivity index (χ0v) is 7.13. The summed E-state index contributed by atoms with van der Waals surface area (Å²) >= 11 is 7.21. The molecule has 0 spiro atoms. The van der Waals surface area contributed by atoms with E-state index in [4.69, 9.17) is 16.4 Å². The van der Waals surface area contributed by atoms with Gasteiger partial charge in [0.1, 0.15) is 6.61 Å². The van der Waals surface area contributed by atoms with Crippen LogP contribution in [0.2, 0.25) is 4.34 Å². The normalized spacial score (nSPS) is 10.2. The van der Waals surface area contributed by atoms with E-state index >= 15 is 0 Å². The van der Waals surface area contributed by atoms with Gasteiger partial charge in [0.2, 0.25) is 0 Å². The number of nitrogens with one attached hydrogen (secondary N) is 1. The van der Waals surface area contributed by atoms with E-state index in [1.54, 1.807) is 7.05 Å². The molecule has 1 heterocycles. The van der Waals surface area contributed by atoms with Gasteiger partial charge in [-0.2, -0.15) is 0 Å². The number of hydrogen-bond donors (Lipinski definition) is 1. The molecule has 1 aromatic heterocycles. The quantitative estimate of drug-likeness (QED) is 0.714. The monoisotopic (exact) mass is 177 g/mol. The molecule has 56 valence electrons. The first-order valence-electron chi connectivity index (χ1n) is 2.85. The lowest BCUT2D eigenvalue weighted by Crippen LogP contribution is -2.05. The van der Waals surface area contributed by atoms with E-state index in [0.717, 1.165) is 9.21 Å². The Labute approximate surface area is 68.7 Å². The van der Waals surface area contributed by atoms with Crippen LogP contribution in [0.3, 0.4) is 0 Å². The third-order valence-electron chi connectivity index (χ3n) is 0.988. The van der Waals surface area contributed by atoms with Gasteiger partial charge >= 0.3 is 0 Å². The zero-order chi connectivity index (χ0) is 7.40. The molecular formula is C6H8ClNOS. The molecule has 0 atom stereocenters. The minimum Gasteiger partial charge on any atom is -0.296 e. The Bertz CT molecular complexity index is 201. The van der Waals surface area contributed by atoms with Crippen LogP contribution < -0.4 is 5.48 Å². The van der Waals surface area contributed by atoms with Crippen molar-refractivity contribution in [3.63, 3.8) is 0 Å². The van der Waals surface area contributed by atoms with E-state index in [0.29, 0.717) is 6.61 Å². The summed E-state index contributed by atoms with van der Waals surface area (Å²) in [5.74, 6) is 0. The lowest BCUT2D eigenvalue weighted by atomic mass is 10.5. The molecule has 10 heavy (non-hydrogen) atoms. The summed E-state index contributed by atoms with van der Waals surface area (Å²) in [6.45, 7) is 0.577. The van der Waals surface area contributed by atoms with E-state index in [1.165, 1.54) is 11.3 Å². The predicted molar refractivity (Wildman–Crippen MR) is 43.2 cm³/mol. The van der Waals surface area contributed by atoms with Crippen LogP contribution in [0.5, 0.6) is 0 Å². The molecule has 4 heteroatoms. The molecule has 0 saturated heterocycles. The average molecular weight is 178 g/mol. The van der Waals surface area contributed by atoms with Crippen LogP contribution in [0.1, 0.15) is 4.88 Å². The Hall–Kier alpha value is -0.0900. The Kier molecular flexibility index (Phi) is 3.15. The summed E-state index contributed by atoms with van der Waals surface area (Å²) in [7, 11) is 1.73. The number of hydrogen-bond acceptors (Lipinski definition) is 3. The number of halogens is 1. The molecule has 1 rings (SSSR count). The van der Waals surface area contributed by atoms with Crippen LogP contribution in [-0.2, 0) is 11.4 Å². The standard InChI is InChI=1S/C6H8ClNOS/c1-8-9-4-5-2-3-6(7)10-5/h2-3,8H,4H2,1H3. The lowest BCUT2D eigenvalue weighted by molar-refractivity contribution is 0.0461. The van der Waals surface area contributed by atoms with Crippen molar-refractivity contribution in [1.29, 1.82) is 0 Å². The van der Waals surface area contributed by atoms with Crippen molar-refractivity contribution in [2.24, 2.45) is 0 Å². The molecule has 0 aliphatic carbocycles. The van der Waals surface area contributed by atoms with Crippen molar-refractivity contribution in [3.05, 3.63) is 21.3 Å². The fourth-order valence-electron chi connectivity index (χ4n) is 0.573. The first kappa shape index (κ1) is 8.01. The van der Waals surface area contributed by atoms with Crippen LogP contribution in [0.4, 0.5) is 0 Å². The van der Waals surface area contributed by atoms with Crippen LogP contribution in [-0.4, -0.2) is 7.05 Å². The lowest BCUT2D eigenvalue weighted by Gasteiger charge is -1.95. The summed E-state index contributed by atoms with van der Waals surface area (Å²) in [6, 6.07) is 3.81. The second-order valence-corrected chi connectivity index (χ2v) is 3.50. The summed E-state index contributed by atoms with van der Waals surface area (Å²) in [6.07, 6.45) is 0. The van der Waals surface area contributed by atoms with E-state index in [2.05, 4.69) is 5.48 Å². The molecule has 0 saturated carbocycles. The smallest absolute Gasteiger partial charge is 0.102 e. The molecule has 0 aromatic carbocycles. The van der Waals surface area contributed by atoms with Gasteiger partial charge in [-0.3, -0.25) is 4.84 Å². The second-order valence-electron chi connectivity index (χ2n) is 1.70.